The van der Waals surface area contributed by atoms with Crippen molar-refractivity contribution in [1.29, 1.82) is 0 Å². The molecule has 24 heavy (non-hydrogen) atoms. The number of esters is 2. The number of hydrogen-bond acceptors (Lipinski definition) is 4. The van der Waals surface area contributed by atoms with Crippen molar-refractivity contribution >= 4 is 11.9 Å². The second-order valence-corrected chi connectivity index (χ2v) is 4.98. The molecule has 0 radical (unpaired) electrons. The maximum Gasteiger partial charge on any atom is 0.331 e. The normalized spacial score (nSPS) is 11.2. The van der Waals surface area contributed by atoms with Gasteiger partial charge in [0.15, 0.2) is 0 Å². The third-order valence-corrected chi connectivity index (χ3v) is 2.89. The fourth-order valence-corrected chi connectivity index (χ4v) is 1.62. The van der Waals surface area contributed by atoms with Gasteiger partial charge in [-0.05, 0) is 38.5 Å². The third kappa shape index (κ3) is 16.0. The largest absolute Gasteiger partial charge is 0.458 e. The molecular formula is C20H28O4. The van der Waals surface area contributed by atoms with Crippen molar-refractivity contribution in [3.05, 3.63) is 61.8 Å². The van der Waals surface area contributed by atoms with Gasteiger partial charge in [0.2, 0.25) is 0 Å². The number of allylic oxidation sites excluding steroid dienone is 4. The lowest BCUT2D eigenvalue weighted by Gasteiger charge is -1.98. The van der Waals surface area contributed by atoms with Gasteiger partial charge in [-0.3, -0.25) is 0 Å². The van der Waals surface area contributed by atoms with Gasteiger partial charge in [-0.2, -0.15) is 0 Å². The molecule has 0 aromatic carbocycles. The molecule has 0 spiro atoms. The molecule has 0 rings (SSSR count). The highest BCUT2D eigenvalue weighted by Crippen LogP contribution is 1.97. The second kappa shape index (κ2) is 17.0. The van der Waals surface area contributed by atoms with E-state index in [1.165, 1.54) is 0 Å². The fourth-order valence-electron chi connectivity index (χ4n) is 1.62. The van der Waals surface area contributed by atoms with Crippen LogP contribution in [0.2, 0.25) is 0 Å². The van der Waals surface area contributed by atoms with Crippen LogP contribution in [0, 0.1) is 0 Å². The van der Waals surface area contributed by atoms with Crippen LogP contribution < -0.4 is 0 Å². The molecule has 132 valence electrons. The fraction of sp³-hybridized carbons (Fsp3) is 0.400. The first-order chi connectivity index (χ1) is 11.7. The lowest BCUT2D eigenvalue weighted by Crippen LogP contribution is -2.04. The molecule has 0 unspecified atom stereocenters. The van der Waals surface area contributed by atoms with Crippen LogP contribution in [0.15, 0.2) is 61.8 Å². The Balaban J connectivity index is 3.71. The molecule has 0 aromatic rings. The lowest BCUT2D eigenvalue weighted by molar-refractivity contribution is -0.139. The first-order valence-electron chi connectivity index (χ1n) is 8.24. The van der Waals surface area contributed by atoms with Crippen molar-refractivity contribution in [3.8, 4) is 0 Å². The minimum Gasteiger partial charge on any atom is -0.458 e. The Labute approximate surface area is 145 Å². The highest BCUT2D eigenvalue weighted by atomic mass is 16.5. The summed E-state index contributed by atoms with van der Waals surface area (Å²) < 4.78 is 9.83. The van der Waals surface area contributed by atoms with Crippen LogP contribution in [0.4, 0.5) is 0 Å². The minimum atomic E-state index is -0.567. The average Bonchev–Trinajstić information content (AvgIpc) is 2.58. The van der Waals surface area contributed by atoms with Gasteiger partial charge in [-0.15, -0.1) is 13.2 Å². The van der Waals surface area contributed by atoms with Gasteiger partial charge in [0.25, 0.3) is 0 Å². The smallest absolute Gasteiger partial charge is 0.331 e. The molecule has 0 amide bonds. The van der Waals surface area contributed by atoms with Crippen LogP contribution in [-0.2, 0) is 19.1 Å². The average molecular weight is 332 g/mol. The van der Waals surface area contributed by atoms with E-state index in [0.29, 0.717) is 0 Å². The van der Waals surface area contributed by atoms with Crippen molar-refractivity contribution in [2.24, 2.45) is 0 Å². The summed E-state index contributed by atoms with van der Waals surface area (Å²) in [5.41, 5.74) is 0. The zero-order valence-electron chi connectivity index (χ0n) is 14.3. The predicted molar refractivity (Wildman–Crippen MR) is 97.4 cm³/mol. The molecule has 0 aliphatic heterocycles. The van der Waals surface area contributed by atoms with Crippen molar-refractivity contribution < 1.29 is 19.1 Å². The summed E-state index contributed by atoms with van der Waals surface area (Å²) in [7, 11) is 0. The highest BCUT2D eigenvalue weighted by Gasteiger charge is 1.99. The molecule has 0 bridgehead atoms. The molecule has 0 heterocycles. The monoisotopic (exact) mass is 332 g/mol. The van der Waals surface area contributed by atoms with Crippen LogP contribution in [0.5, 0.6) is 0 Å². The number of hydrogen-bond donors (Lipinski definition) is 0. The maximum atomic E-state index is 11.4. The molecule has 0 aromatic heterocycles. The first-order valence-corrected chi connectivity index (χ1v) is 8.24. The summed E-state index contributed by atoms with van der Waals surface area (Å²) in [6, 6.07) is 0. The van der Waals surface area contributed by atoms with Crippen LogP contribution in [0.25, 0.3) is 0 Å². The van der Waals surface area contributed by atoms with Crippen molar-refractivity contribution in [2.75, 3.05) is 13.2 Å². The van der Waals surface area contributed by atoms with E-state index in [-0.39, 0.29) is 13.2 Å². The molecule has 4 nitrogen and oxygen atoms in total. The van der Waals surface area contributed by atoms with E-state index in [2.05, 4.69) is 13.2 Å². The van der Waals surface area contributed by atoms with Crippen molar-refractivity contribution in [3.63, 3.8) is 0 Å². The zero-order chi connectivity index (χ0) is 17.9. The van der Waals surface area contributed by atoms with Crippen LogP contribution >= 0.6 is 0 Å². The molecule has 0 aliphatic rings. The Morgan fingerprint density at radius 2 is 1.08 bits per heavy atom. The summed E-state index contributed by atoms with van der Waals surface area (Å²) >= 11 is 0. The van der Waals surface area contributed by atoms with Crippen LogP contribution in [0.3, 0.4) is 0 Å². The van der Waals surface area contributed by atoms with Crippen LogP contribution in [0.1, 0.15) is 38.5 Å². The standard InChI is InChI=1S/C20H28O4/c1-3-5-7-9-11-13-17-23-19(21)15-16-20(22)24-18-14-12-10-8-6-4-2/h3-4,11-16H,1-2,5-10,17-18H2/b13-11?,14-12?,16-15-. The Morgan fingerprint density at radius 3 is 1.46 bits per heavy atom. The Hall–Kier alpha value is -2.36. The lowest BCUT2D eigenvalue weighted by atomic mass is 10.2. The van der Waals surface area contributed by atoms with Crippen molar-refractivity contribution in [1.82, 2.24) is 0 Å². The second-order valence-electron chi connectivity index (χ2n) is 4.98. The highest BCUT2D eigenvalue weighted by molar-refractivity contribution is 5.91. The number of carbonyl (C=O) groups excluding carboxylic acids is 2. The number of ether oxygens (including phenoxy) is 2. The molecule has 4 heteroatoms. The number of rotatable bonds is 14. The van der Waals surface area contributed by atoms with Gasteiger partial charge < -0.3 is 9.47 Å². The van der Waals surface area contributed by atoms with Gasteiger partial charge in [-0.25, -0.2) is 9.59 Å². The zero-order valence-corrected chi connectivity index (χ0v) is 14.3. The number of carbonyl (C=O) groups is 2. The SMILES string of the molecule is C=CCCCC=CCOC(=O)/C=C\C(=O)OCC=CCCCC=C. The van der Waals surface area contributed by atoms with Crippen LogP contribution in [-0.4, -0.2) is 25.2 Å². The molecule has 0 fully saturated rings. The van der Waals surface area contributed by atoms with Gasteiger partial charge >= 0.3 is 11.9 Å². The van der Waals surface area contributed by atoms with Gasteiger partial charge in [-0.1, -0.05) is 36.5 Å². The number of unbranched alkanes of at least 4 members (excludes halogenated alkanes) is 4. The van der Waals surface area contributed by atoms with Crippen molar-refractivity contribution in [2.45, 2.75) is 38.5 Å². The first kappa shape index (κ1) is 21.6. The molecule has 0 saturated carbocycles. The van der Waals surface area contributed by atoms with E-state index in [0.717, 1.165) is 50.7 Å². The Kier molecular flexibility index (Phi) is 15.3. The van der Waals surface area contributed by atoms with Gasteiger partial charge in [0.05, 0.1) is 0 Å². The quantitative estimate of drug-likeness (QED) is 0.204. The van der Waals surface area contributed by atoms with E-state index < -0.39 is 11.9 Å². The summed E-state index contributed by atoms with van der Waals surface area (Å²) in [5.74, 6) is -1.13. The van der Waals surface area contributed by atoms with E-state index in [1.807, 2.05) is 24.3 Å². The predicted octanol–water partition coefficient (Wildman–Crippen LogP) is 4.45. The van der Waals surface area contributed by atoms with Gasteiger partial charge in [0, 0.05) is 12.2 Å². The molecular weight excluding hydrogens is 304 g/mol. The van der Waals surface area contributed by atoms with Gasteiger partial charge in [0.1, 0.15) is 13.2 Å². The Bertz CT molecular complexity index is 416. The topological polar surface area (TPSA) is 52.6 Å². The summed E-state index contributed by atoms with van der Waals surface area (Å²) in [6.45, 7) is 7.68. The summed E-state index contributed by atoms with van der Waals surface area (Å²) in [4.78, 5) is 22.7. The maximum absolute atomic E-state index is 11.4. The molecule has 0 N–H and O–H groups in total. The molecule has 0 atom stereocenters. The molecule has 0 aliphatic carbocycles. The van der Waals surface area contributed by atoms with E-state index in [4.69, 9.17) is 9.47 Å². The van der Waals surface area contributed by atoms with E-state index >= 15 is 0 Å². The summed E-state index contributed by atoms with van der Waals surface area (Å²) in [5, 5.41) is 0. The third-order valence-electron chi connectivity index (χ3n) is 2.89. The van der Waals surface area contributed by atoms with E-state index in [1.54, 1.807) is 12.2 Å². The minimum absolute atomic E-state index is 0.194. The molecule has 0 saturated heterocycles. The Morgan fingerprint density at radius 1 is 0.667 bits per heavy atom. The summed E-state index contributed by atoms with van der Waals surface area (Å²) in [6.07, 6.45) is 19.2. The van der Waals surface area contributed by atoms with E-state index in [9.17, 15) is 9.59 Å².